The second-order valence-corrected chi connectivity index (χ2v) is 7.25. The molecule has 5 nitrogen and oxygen atoms in total. The summed E-state index contributed by atoms with van der Waals surface area (Å²) >= 11 is 0. The number of hydrazine groups is 1. The first kappa shape index (κ1) is 13.6. The van der Waals surface area contributed by atoms with E-state index in [0.717, 1.165) is 35.3 Å². The van der Waals surface area contributed by atoms with E-state index in [-0.39, 0.29) is 16.7 Å². The number of para-hydroxylation sites is 2. The molecule has 1 aromatic carbocycles. The van der Waals surface area contributed by atoms with E-state index < -0.39 is 5.41 Å². The number of nitrogens with one attached hydrogen (secondary N) is 1. The van der Waals surface area contributed by atoms with Crippen LogP contribution in [0, 0.1) is 5.41 Å². The Labute approximate surface area is 129 Å². The zero-order valence-corrected chi connectivity index (χ0v) is 13.1. The molecular weight excluding hydrogens is 276 g/mol. The van der Waals surface area contributed by atoms with Gasteiger partial charge < -0.3 is 0 Å². The highest BCUT2D eigenvalue weighted by atomic mass is 16.2. The number of hydrogen-bond acceptors (Lipinski definition) is 4. The number of hydrogen-bond donors (Lipinski definition) is 2. The molecule has 2 aromatic rings. The number of amides is 1. The summed E-state index contributed by atoms with van der Waals surface area (Å²) in [6.07, 6.45) is 1.69. The molecule has 4 rings (SSSR count). The van der Waals surface area contributed by atoms with E-state index in [0.29, 0.717) is 0 Å². The van der Waals surface area contributed by atoms with Crippen molar-refractivity contribution in [2.24, 2.45) is 11.3 Å². The van der Waals surface area contributed by atoms with Crippen molar-refractivity contribution in [1.29, 1.82) is 0 Å². The van der Waals surface area contributed by atoms with Crippen molar-refractivity contribution in [3.05, 3.63) is 35.7 Å². The molecule has 2 aliphatic rings. The molecule has 0 aliphatic heterocycles. The number of nitrogens with two attached hydrogens (primary N) is 1. The van der Waals surface area contributed by atoms with Gasteiger partial charge in [0.25, 0.3) is 0 Å². The maximum absolute atomic E-state index is 12.7. The lowest BCUT2D eigenvalue weighted by Gasteiger charge is -2.39. The van der Waals surface area contributed by atoms with Crippen LogP contribution in [-0.2, 0) is 15.6 Å². The maximum Gasteiger partial charge on any atom is 0.246 e. The van der Waals surface area contributed by atoms with Gasteiger partial charge in [0.1, 0.15) is 5.41 Å². The minimum Gasteiger partial charge on any atom is -0.293 e. The van der Waals surface area contributed by atoms with Crippen LogP contribution >= 0.6 is 0 Å². The average molecular weight is 296 g/mol. The third-order valence-corrected chi connectivity index (χ3v) is 6.46. The molecule has 1 amide bonds. The molecule has 114 valence electrons. The third kappa shape index (κ3) is 1.19. The molecule has 0 saturated heterocycles. The van der Waals surface area contributed by atoms with Crippen LogP contribution in [0.4, 0.5) is 0 Å². The summed E-state index contributed by atoms with van der Waals surface area (Å²) in [5.74, 6) is 5.37. The molecule has 1 aromatic heterocycles. The summed E-state index contributed by atoms with van der Waals surface area (Å²) in [6.45, 7) is 6.49. The number of benzene rings is 1. The van der Waals surface area contributed by atoms with Crippen molar-refractivity contribution in [3.63, 3.8) is 0 Å². The zero-order valence-electron chi connectivity index (χ0n) is 13.1. The van der Waals surface area contributed by atoms with Gasteiger partial charge in [-0.1, -0.05) is 32.9 Å². The molecule has 0 radical (unpaired) electrons. The predicted molar refractivity (Wildman–Crippen MR) is 83.9 cm³/mol. The van der Waals surface area contributed by atoms with Crippen molar-refractivity contribution in [3.8, 4) is 0 Å². The van der Waals surface area contributed by atoms with Crippen molar-refractivity contribution < 1.29 is 4.79 Å². The molecule has 1 heterocycles. The van der Waals surface area contributed by atoms with E-state index in [1.807, 2.05) is 24.3 Å². The van der Waals surface area contributed by atoms with Crippen molar-refractivity contribution in [2.75, 3.05) is 0 Å². The second kappa shape index (κ2) is 3.84. The first-order valence-electron chi connectivity index (χ1n) is 7.67. The first-order chi connectivity index (χ1) is 10.4. The van der Waals surface area contributed by atoms with Crippen LogP contribution in [0.2, 0.25) is 0 Å². The number of aromatic nitrogens is 2. The fraction of sp³-hybridized carbons (Fsp3) is 0.471. The third-order valence-electron chi connectivity index (χ3n) is 6.46. The standard InChI is InChI=1S/C17H20N4O/c1-15(2)16(3)8-9-17(15,14(22)21-18)13-12(16)19-10-6-4-5-7-11(10)20-13/h4-7H,8-9,18H2,1-3H3,(H,21,22)/t16-,17+/m1/s1. The average Bonchev–Trinajstić information content (AvgIpc) is 2.81. The minimum absolute atomic E-state index is 0.149. The molecule has 2 aliphatic carbocycles. The Balaban J connectivity index is 2.12. The molecule has 1 saturated carbocycles. The Morgan fingerprint density at radius 3 is 2.27 bits per heavy atom. The molecule has 1 fully saturated rings. The van der Waals surface area contributed by atoms with E-state index in [1.54, 1.807) is 0 Å². The largest absolute Gasteiger partial charge is 0.293 e. The molecule has 3 N–H and O–H groups in total. The quantitative estimate of drug-likeness (QED) is 0.479. The van der Waals surface area contributed by atoms with Crippen molar-refractivity contribution in [2.45, 2.75) is 44.4 Å². The number of nitrogens with zero attached hydrogens (tertiary/aromatic N) is 2. The number of carbonyl (C=O) groups is 1. The lowest BCUT2D eigenvalue weighted by Crippen LogP contribution is -2.53. The molecule has 22 heavy (non-hydrogen) atoms. The SMILES string of the molecule is CC1(C)[C@]2(C)CC[C@@]1(C(=O)NN)c1nc3ccccc3nc12. The Morgan fingerprint density at radius 2 is 1.68 bits per heavy atom. The Bertz CT molecular complexity index is 815. The Kier molecular flexibility index (Phi) is 2.38. The number of rotatable bonds is 1. The molecule has 5 heteroatoms. The fourth-order valence-corrected chi connectivity index (χ4v) is 4.67. The summed E-state index contributed by atoms with van der Waals surface area (Å²) < 4.78 is 0. The minimum atomic E-state index is -0.692. The van der Waals surface area contributed by atoms with E-state index in [4.69, 9.17) is 15.8 Å². The van der Waals surface area contributed by atoms with Crippen LogP contribution in [0.3, 0.4) is 0 Å². The summed E-state index contributed by atoms with van der Waals surface area (Å²) in [5, 5.41) is 0. The smallest absolute Gasteiger partial charge is 0.246 e. The summed E-state index contributed by atoms with van der Waals surface area (Å²) in [5.41, 5.74) is 4.74. The van der Waals surface area contributed by atoms with Gasteiger partial charge in [0.05, 0.1) is 22.4 Å². The van der Waals surface area contributed by atoms with Crippen LogP contribution in [0.25, 0.3) is 11.0 Å². The fourth-order valence-electron chi connectivity index (χ4n) is 4.67. The molecule has 2 bridgehead atoms. The van der Waals surface area contributed by atoms with Crippen LogP contribution in [0.1, 0.15) is 45.0 Å². The van der Waals surface area contributed by atoms with Crippen LogP contribution in [-0.4, -0.2) is 15.9 Å². The van der Waals surface area contributed by atoms with Gasteiger partial charge in [-0.3, -0.25) is 10.2 Å². The summed E-state index contributed by atoms with van der Waals surface area (Å²) in [6, 6.07) is 7.82. The van der Waals surface area contributed by atoms with Crippen LogP contribution in [0.15, 0.2) is 24.3 Å². The van der Waals surface area contributed by atoms with Gasteiger partial charge in [-0.2, -0.15) is 0 Å². The first-order valence-corrected chi connectivity index (χ1v) is 7.67. The van der Waals surface area contributed by atoms with Crippen molar-refractivity contribution in [1.82, 2.24) is 15.4 Å². The summed E-state index contributed by atoms with van der Waals surface area (Å²) in [4.78, 5) is 22.5. The van der Waals surface area contributed by atoms with Crippen LogP contribution < -0.4 is 11.3 Å². The van der Waals surface area contributed by atoms with E-state index in [1.165, 1.54) is 0 Å². The maximum atomic E-state index is 12.7. The van der Waals surface area contributed by atoms with E-state index in [2.05, 4.69) is 26.2 Å². The molecule has 0 spiro atoms. The lowest BCUT2D eigenvalue weighted by atomic mass is 9.63. The van der Waals surface area contributed by atoms with Gasteiger partial charge in [0, 0.05) is 5.41 Å². The Hall–Kier alpha value is -2.01. The van der Waals surface area contributed by atoms with E-state index >= 15 is 0 Å². The highest BCUT2D eigenvalue weighted by Crippen LogP contribution is 2.70. The predicted octanol–water partition coefficient (Wildman–Crippen LogP) is 1.95. The van der Waals surface area contributed by atoms with Gasteiger partial charge in [0.2, 0.25) is 5.91 Å². The molecule has 0 unspecified atom stereocenters. The summed E-state index contributed by atoms with van der Waals surface area (Å²) in [7, 11) is 0. The lowest BCUT2D eigenvalue weighted by molar-refractivity contribution is -0.130. The van der Waals surface area contributed by atoms with Crippen LogP contribution in [0.5, 0.6) is 0 Å². The Morgan fingerprint density at radius 1 is 1.09 bits per heavy atom. The van der Waals surface area contributed by atoms with Gasteiger partial charge in [-0.05, 0) is 30.4 Å². The van der Waals surface area contributed by atoms with Gasteiger partial charge >= 0.3 is 0 Å². The number of fused-ring (bicyclic) bond motifs is 6. The van der Waals surface area contributed by atoms with Gasteiger partial charge in [-0.25, -0.2) is 15.8 Å². The highest BCUT2D eigenvalue weighted by molar-refractivity contribution is 5.92. The topological polar surface area (TPSA) is 80.9 Å². The highest BCUT2D eigenvalue weighted by Gasteiger charge is 2.73. The van der Waals surface area contributed by atoms with Gasteiger partial charge in [0.15, 0.2) is 0 Å². The van der Waals surface area contributed by atoms with Gasteiger partial charge in [-0.15, -0.1) is 0 Å². The zero-order chi connectivity index (χ0) is 15.8. The normalized spacial score (nSPS) is 31.3. The van der Waals surface area contributed by atoms with Crippen molar-refractivity contribution >= 4 is 16.9 Å². The monoisotopic (exact) mass is 296 g/mol. The number of carbonyl (C=O) groups excluding carboxylic acids is 1. The van der Waals surface area contributed by atoms with E-state index in [9.17, 15) is 4.79 Å². The molecule has 2 atom stereocenters. The second-order valence-electron chi connectivity index (χ2n) is 7.25. The molecular formula is C17H20N4O.